The Kier molecular flexibility index (Phi) is 12.3. The van der Waals surface area contributed by atoms with Crippen molar-refractivity contribution in [2.75, 3.05) is 0 Å². The number of hydrogen-bond acceptors (Lipinski definition) is 1. The first-order chi connectivity index (χ1) is 9.45. The van der Waals surface area contributed by atoms with Crippen LogP contribution in [0.25, 0.3) is 0 Å². The van der Waals surface area contributed by atoms with Crippen LogP contribution in [-0.2, 0) is 0 Å². The van der Waals surface area contributed by atoms with Crippen molar-refractivity contribution in [2.45, 2.75) is 103 Å². The zero-order valence-corrected chi connectivity index (χ0v) is 15.3. The molecule has 1 unspecified atom stereocenters. The molecule has 0 spiro atoms. The summed E-state index contributed by atoms with van der Waals surface area (Å²) in [6.07, 6.45) is 13.9. The van der Waals surface area contributed by atoms with Gasteiger partial charge in [-0.1, -0.05) is 90.3 Å². The summed E-state index contributed by atoms with van der Waals surface area (Å²) in [7, 11) is -1.32. The Labute approximate surface area is 128 Å². The zero-order valence-electron chi connectivity index (χ0n) is 14.3. The maximum absolute atomic E-state index is 9.78. The highest BCUT2D eigenvalue weighted by molar-refractivity contribution is 6.83. The molecular weight excluding hydrogens is 260 g/mol. The molecule has 0 aromatic heterocycles. The first-order valence-corrected chi connectivity index (χ1v) is 12.2. The van der Waals surface area contributed by atoms with Gasteiger partial charge in [-0.2, -0.15) is 0 Å². The molecule has 0 radical (unpaired) electrons. The van der Waals surface area contributed by atoms with Crippen LogP contribution in [0.4, 0.5) is 0 Å². The lowest BCUT2D eigenvalue weighted by atomic mass is 10.0. The van der Waals surface area contributed by atoms with Gasteiger partial charge in [-0.05, 0) is 12.8 Å². The largest absolute Gasteiger partial charge is 0.380 e. The summed E-state index contributed by atoms with van der Waals surface area (Å²) >= 11 is 0. The standard InChI is InChI=1S/C18H36OSi/c1-5-6-7-8-9-10-11-12-13-14-15-18(19)16-17-20(2,3)4/h18-19H,5-15H2,1-4H3. The van der Waals surface area contributed by atoms with Gasteiger partial charge in [0.2, 0.25) is 0 Å². The van der Waals surface area contributed by atoms with Gasteiger partial charge in [0.05, 0.1) is 0 Å². The van der Waals surface area contributed by atoms with E-state index in [1.54, 1.807) is 0 Å². The molecule has 0 aromatic rings. The van der Waals surface area contributed by atoms with Crippen molar-refractivity contribution in [3.63, 3.8) is 0 Å². The molecule has 0 amide bonds. The van der Waals surface area contributed by atoms with Crippen LogP contribution in [-0.4, -0.2) is 19.3 Å². The second kappa shape index (κ2) is 12.5. The summed E-state index contributed by atoms with van der Waals surface area (Å²) < 4.78 is 0. The van der Waals surface area contributed by atoms with E-state index in [0.29, 0.717) is 0 Å². The summed E-state index contributed by atoms with van der Waals surface area (Å²) in [6.45, 7) is 8.91. The second-order valence-corrected chi connectivity index (χ2v) is 11.8. The molecule has 0 saturated heterocycles. The molecule has 0 aliphatic rings. The average Bonchev–Trinajstić information content (AvgIpc) is 2.38. The van der Waals surface area contributed by atoms with E-state index in [0.717, 1.165) is 12.8 Å². The molecule has 0 heterocycles. The SMILES string of the molecule is CCCCCCCCCCCCC(O)C#C[Si](C)(C)C. The number of aliphatic hydroxyl groups excluding tert-OH is 1. The van der Waals surface area contributed by atoms with E-state index in [1.807, 2.05) is 0 Å². The van der Waals surface area contributed by atoms with E-state index in [-0.39, 0.29) is 0 Å². The molecule has 118 valence electrons. The van der Waals surface area contributed by atoms with Crippen LogP contribution in [0.2, 0.25) is 19.6 Å². The van der Waals surface area contributed by atoms with Crippen LogP contribution in [0.5, 0.6) is 0 Å². The molecule has 0 saturated carbocycles. The Morgan fingerprint density at radius 2 is 1.25 bits per heavy atom. The summed E-state index contributed by atoms with van der Waals surface area (Å²) in [6, 6.07) is 0. The third-order valence-electron chi connectivity index (χ3n) is 3.44. The fourth-order valence-corrected chi connectivity index (χ4v) is 2.80. The van der Waals surface area contributed by atoms with Gasteiger partial charge in [-0.3, -0.25) is 0 Å². The maximum atomic E-state index is 9.78. The van der Waals surface area contributed by atoms with Crippen molar-refractivity contribution in [1.82, 2.24) is 0 Å². The van der Waals surface area contributed by atoms with Crippen molar-refractivity contribution in [3.8, 4) is 11.5 Å². The van der Waals surface area contributed by atoms with E-state index >= 15 is 0 Å². The van der Waals surface area contributed by atoms with E-state index in [4.69, 9.17) is 0 Å². The van der Waals surface area contributed by atoms with Crippen LogP contribution in [0.3, 0.4) is 0 Å². The number of unbranched alkanes of at least 4 members (excludes halogenated alkanes) is 9. The number of rotatable bonds is 11. The highest BCUT2D eigenvalue weighted by Gasteiger charge is 2.08. The predicted octanol–water partition coefficient (Wildman–Crippen LogP) is 5.54. The van der Waals surface area contributed by atoms with Crippen LogP contribution in [0.1, 0.15) is 77.6 Å². The monoisotopic (exact) mass is 296 g/mol. The lowest BCUT2D eigenvalue weighted by Crippen LogP contribution is -2.17. The summed E-state index contributed by atoms with van der Waals surface area (Å²) in [5, 5.41) is 9.78. The van der Waals surface area contributed by atoms with Gasteiger partial charge < -0.3 is 5.11 Å². The van der Waals surface area contributed by atoms with E-state index in [1.165, 1.54) is 57.8 Å². The van der Waals surface area contributed by atoms with Gasteiger partial charge in [0.1, 0.15) is 14.2 Å². The lowest BCUT2D eigenvalue weighted by molar-refractivity contribution is 0.217. The third-order valence-corrected chi connectivity index (χ3v) is 4.34. The Morgan fingerprint density at radius 3 is 1.70 bits per heavy atom. The molecule has 0 aromatic carbocycles. The first kappa shape index (κ1) is 19.7. The fraction of sp³-hybridized carbons (Fsp3) is 0.889. The van der Waals surface area contributed by atoms with Crippen molar-refractivity contribution in [2.24, 2.45) is 0 Å². The first-order valence-electron chi connectivity index (χ1n) is 8.66. The van der Waals surface area contributed by atoms with Crippen molar-refractivity contribution >= 4 is 8.07 Å². The normalized spacial score (nSPS) is 12.8. The van der Waals surface area contributed by atoms with Gasteiger partial charge in [-0.15, -0.1) is 5.54 Å². The topological polar surface area (TPSA) is 20.2 Å². The lowest BCUT2D eigenvalue weighted by Gasteiger charge is -2.07. The quantitative estimate of drug-likeness (QED) is 0.301. The van der Waals surface area contributed by atoms with Crippen LogP contribution in [0.15, 0.2) is 0 Å². The molecule has 0 fully saturated rings. The smallest absolute Gasteiger partial charge is 0.129 e. The van der Waals surface area contributed by atoms with E-state index < -0.39 is 14.2 Å². The average molecular weight is 297 g/mol. The van der Waals surface area contributed by atoms with Gasteiger partial charge in [0, 0.05) is 0 Å². The molecule has 0 aliphatic carbocycles. The molecule has 2 heteroatoms. The second-order valence-electron chi connectivity index (χ2n) is 7.01. The van der Waals surface area contributed by atoms with Crippen molar-refractivity contribution in [3.05, 3.63) is 0 Å². The van der Waals surface area contributed by atoms with Crippen LogP contribution < -0.4 is 0 Å². The fourth-order valence-electron chi connectivity index (χ4n) is 2.20. The molecule has 1 N–H and O–H groups in total. The molecule has 0 aliphatic heterocycles. The highest BCUT2D eigenvalue weighted by Crippen LogP contribution is 2.12. The Balaban J connectivity index is 3.33. The van der Waals surface area contributed by atoms with Gasteiger partial charge in [0.15, 0.2) is 0 Å². The summed E-state index contributed by atoms with van der Waals surface area (Å²) in [4.78, 5) is 0. The minimum absolute atomic E-state index is 0.393. The highest BCUT2D eigenvalue weighted by atomic mass is 28.3. The van der Waals surface area contributed by atoms with E-state index in [2.05, 4.69) is 38.0 Å². The van der Waals surface area contributed by atoms with Gasteiger partial charge in [-0.25, -0.2) is 0 Å². The van der Waals surface area contributed by atoms with Gasteiger partial charge >= 0.3 is 0 Å². The Bertz CT molecular complexity index is 269. The molecule has 0 rings (SSSR count). The molecular formula is C18H36OSi. The number of hydrogen-bond donors (Lipinski definition) is 1. The summed E-state index contributed by atoms with van der Waals surface area (Å²) in [5.41, 5.74) is 3.25. The Hall–Kier alpha value is -0.263. The van der Waals surface area contributed by atoms with Crippen molar-refractivity contribution in [1.29, 1.82) is 0 Å². The van der Waals surface area contributed by atoms with Crippen molar-refractivity contribution < 1.29 is 5.11 Å². The van der Waals surface area contributed by atoms with E-state index in [9.17, 15) is 5.11 Å². The predicted molar refractivity (Wildman–Crippen MR) is 93.6 cm³/mol. The van der Waals surface area contributed by atoms with Gasteiger partial charge in [0.25, 0.3) is 0 Å². The molecule has 0 bridgehead atoms. The molecule has 1 atom stereocenters. The molecule has 20 heavy (non-hydrogen) atoms. The maximum Gasteiger partial charge on any atom is 0.129 e. The summed E-state index contributed by atoms with van der Waals surface area (Å²) in [5.74, 6) is 3.02. The van der Waals surface area contributed by atoms with Crippen LogP contribution in [0, 0.1) is 11.5 Å². The Morgan fingerprint density at radius 1 is 0.800 bits per heavy atom. The number of aliphatic hydroxyl groups is 1. The minimum Gasteiger partial charge on any atom is -0.380 e. The van der Waals surface area contributed by atoms with Crippen LogP contribution >= 0.6 is 0 Å². The minimum atomic E-state index is -1.32. The zero-order chi connectivity index (χ0) is 15.3. The molecule has 1 nitrogen and oxygen atoms in total. The third kappa shape index (κ3) is 15.8.